The standard InChI is InChI=1S/C20H31N3O2/c1-13(18(21)24)23-4-2-14(3-5-23)12-22-19(25)20-9-15-6-16(10-20)8-17(7-15)11-20/h2,13,15-17H,3-12H2,1H3,(H2,21,24)(H,22,25). The Hall–Kier alpha value is -1.36. The molecule has 1 unspecified atom stereocenters. The Bertz CT molecular complexity index is 562. The van der Waals surface area contributed by atoms with Gasteiger partial charge in [0.1, 0.15) is 0 Å². The fourth-order valence-electron chi connectivity index (χ4n) is 6.19. The highest BCUT2D eigenvalue weighted by atomic mass is 16.2. The van der Waals surface area contributed by atoms with E-state index in [0.29, 0.717) is 12.5 Å². The number of primary amides is 1. The third-order valence-electron chi connectivity index (χ3n) is 7.29. The molecule has 0 spiro atoms. The molecule has 0 aromatic rings. The predicted octanol–water partition coefficient (Wildman–Crippen LogP) is 1.82. The molecule has 1 aliphatic heterocycles. The molecule has 0 aromatic heterocycles. The Kier molecular flexibility index (Phi) is 4.38. The Morgan fingerprint density at radius 2 is 1.84 bits per heavy atom. The summed E-state index contributed by atoms with van der Waals surface area (Å²) in [5.41, 5.74) is 6.61. The smallest absolute Gasteiger partial charge is 0.234 e. The minimum absolute atomic E-state index is 0.0590. The number of nitrogens with zero attached hydrogens (tertiary/aromatic N) is 1. The van der Waals surface area contributed by atoms with E-state index in [1.54, 1.807) is 0 Å². The van der Waals surface area contributed by atoms with E-state index in [4.69, 9.17) is 5.73 Å². The summed E-state index contributed by atoms with van der Waals surface area (Å²) in [5, 5.41) is 3.26. The number of nitrogens with two attached hydrogens (primary N) is 1. The van der Waals surface area contributed by atoms with E-state index >= 15 is 0 Å². The van der Waals surface area contributed by atoms with Crippen LogP contribution in [0.25, 0.3) is 0 Å². The molecule has 0 radical (unpaired) electrons. The summed E-state index contributed by atoms with van der Waals surface area (Å²) in [4.78, 5) is 26.4. The largest absolute Gasteiger partial charge is 0.368 e. The average molecular weight is 345 g/mol. The molecule has 4 fully saturated rings. The fraction of sp³-hybridized carbons (Fsp3) is 0.800. The SMILES string of the molecule is CC(C(N)=O)N1CC=C(CNC(=O)C23CC4CC(CC(C4)C2)C3)CC1. The van der Waals surface area contributed by atoms with Crippen molar-refractivity contribution in [1.82, 2.24) is 10.2 Å². The summed E-state index contributed by atoms with van der Waals surface area (Å²) >= 11 is 0. The summed E-state index contributed by atoms with van der Waals surface area (Å²) in [6.07, 6.45) is 10.5. The van der Waals surface area contributed by atoms with Crippen LogP contribution in [-0.2, 0) is 9.59 Å². The van der Waals surface area contributed by atoms with Crippen LogP contribution in [0.3, 0.4) is 0 Å². The maximum absolute atomic E-state index is 13.0. The Labute approximate surface area is 150 Å². The van der Waals surface area contributed by atoms with Crippen molar-refractivity contribution in [3.63, 3.8) is 0 Å². The minimum Gasteiger partial charge on any atom is -0.368 e. The van der Waals surface area contributed by atoms with Crippen LogP contribution >= 0.6 is 0 Å². The molecule has 0 saturated heterocycles. The molecule has 1 heterocycles. The van der Waals surface area contributed by atoms with Crippen LogP contribution in [0.1, 0.15) is 51.9 Å². The van der Waals surface area contributed by atoms with Crippen molar-refractivity contribution in [1.29, 1.82) is 0 Å². The zero-order valence-corrected chi connectivity index (χ0v) is 15.3. The third kappa shape index (κ3) is 3.23. The fourth-order valence-corrected chi connectivity index (χ4v) is 6.19. The summed E-state index contributed by atoms with van der Waals surface area (Å²) in [6, 6.07) is -0.223. The first-order valence-electron chi connectivity index (χ1n) is 9.95. The van der Waals surface area contributed by atoms with Gasteiger partial charge in [0.25, 0.3) is 0 Å². The first-order chi connectivity index (χ1) is 11.9. The summed E-state index contributed by atoms with van der Waals surface area (Å²) in [7, 11) is 0. The lowest BCUT2D eigenvalue weighted by Gasteiger charge is -2.55. The molecule has 138 valence electrons. The highest BCUT2D eigenvalue weighted by molar-refractivity contribution is 5.83. The number of nitrogens with one attached hydrogen (secondary N) is 1. The third-order valence-corrected chi connectivity index (χ3v) is 7.29. The zero-order chi connectivity index (χ0) is 17.6. The van der Waals surface area contributed by atoms with Gasteiger partial charge in [0.2, 0.25) is 11.8 Å². The molecule has 4 bridgehead atoms. The highest BCUT2D eigenvalue weighted by Gasteiger charge is 2.54. The Balaban J connectivity index is 1.32. The van der Waals surface area contributed by atoms with E-state index in [1.807, 2.05) is 6.92 Å². The first-order valence-corrected chi connectivity index (χ1v) is 9.95. The monoisotopic (exact) mass is 345 g/mol. The maximum atomic E-state index is 13.0. The van der Waals surface area contributed by atoms with E-state index in [1.165, 1.54) is 24.8 Å². The second-order valence-corrected chi connectivity index (χ2v) is 9.07. The molecule has 4 aliphatic carbocycles. The van der Waals surface area contributed by atoms with Crippen LogP contribution in [0.2, 0.25) is 0 Å². The van der Waals surface area contributed by atoms with Crippen molar-refractivity contribution in [2.24, 2.45) is 28.9 Å². The summed E-state index contributed by atoms with van der Waals surface area (Å²) in [6.45, 7) is 4.10. The Morgan fingerprint density at radius 1 is 1.24 bits per heavy atom. The van der Waals surface area contributed by atoms with Gasteiger partial charge in [-0.3, -0.25) is 14.5 Å². The van der Waals surface area contributed by atoms with Crippen molar-refractivity contribution >= 4 is 11.8 Å². The van der Waals surface area contributed by atoms with Gasteiger partial charge in [-0.2, -0.15) is 0 Å². The molecule has 0 aromatic carbocycles. The lowest BCUT2D eigenvalue weighted by atomic mass is 9.49. The van der Waals surface area contributed by atoms with Gasteiger partial charge in [0.15, 0.2) is 0 Å². The van der Waals surface area contributed by atoms with E-state index in [0.717, 1.165) is 56.5 Å². The molecule has 1 atom stereocenters. The van der Waals surface area contributed by atoms with Crippen molar-refractivity contribution in [2.75, 3.05) is 19.6 Å². The molecule has 4 saturated carbocycles. The van der Waals surface area contributed by atoms with Gasteiger partial charge in [-0.05, 0) is 69.6 Å². The van der Waals surface area contributed by atoms with Crippen molar-refractivity contribution in [3.05, 3.63) is 11.6 Å². The van der Waals surface area contributed by atoms with Gasteiger partial charge in [0.05, 0.1) is 6.04 Å². The second-order valence-electron chi connectivity index (χ2n) is 9.07. The molecule has 5 heteroatoms. The molecule has 3 N–H and O–H groups in total. The van der Waals surface area contributed by atoms with Crippen LogP contribution in [-0.4, -0.2) is 42.4 Å². The topological polar surface area (TPSA) is 75.4 Å². The molecular formula is C20H31N3O2. The van der Waals surface area contributed by atoms with Gasteiger partial charge < -0.3 is 11.1 Å². The summed E-state index contributed by atoms with van der Waals surface area (Å²) in [5.74, 6) is 2.44. The Morgan fingerprint density at radius 3 is 2.32 bits per heavy atom. The van der Waals surface area contributed by atoms with Crippen LogP contribution in [0.15, 0.2) is 11.6 Å². The molecular weight excluding hydrogens is 314 g/mol. The number of amides is 2. The molecule has 2 amide bonds. The van der Waals surface area contributed by atoms with Gasteiger partial charge in [-0.15, -0.1) is 0 Å². The first kappa shape index (κ1) is 17.1. The van der Waals surface area contributed by atoms with Crippen LogP contribution in [0.4, 0.5) is 0 Å². The lowest BCUT2D eigenvalue weighted by Crippen LogP contribution is -2.54. The number of hydrogen-bond acceptors (Lipinski definition) is 3. The second kappa shape index (κ2) is 6.42. The maximum Gasteiger partial charge on any atom is 0.234 e. The quantitative estimate of drug-likeness (QED) is 0.747. The summed E-state index contributed by atoms with van der Waals surface area (Å²) < 4.78 is 0. The van der Waals surface area contributed by atoms with E-state index < -0.39 is 0 Å². The van der Waals surface area contributed by atoms with E-state index in [2.05, 4.69) is 16.3 Å². The normalized spacial score (nSPS) is 38.3. The number of hydrogen-bond donors (Lipinski definition) is 2. The molecule has 5 nitrogen and oxygen atoms in total. The van der Waals surface area contributed by atoms with Gasteiger partial charge >= 0.3 is 0 Å². The minimum atomic E-state index is -0.271. The van der Waals surface area contributed by atoms with E-state index in [9.17, 15) is 9.59 Å². The van der Waals surface area contributed by atoms with Gasteiger partial charge in [-0.25, -0.2) is 0 Å². The van der Waals surface area contributed by atoms with Gasteiger partial charge in [0, 0.05) is 25.0 Å². The molecule has 25 heavy (non-hydrogen) atoms. The van der Waals surface area contributed by atoms with Crippen LogP contribution in [0, 0.1) is 23.2 Å². The molecule has 5 rings (SSSR count). The van der Waals surface area contributed by atoms with E-state index in [-0.39, 0.29) is 17.4 Å². The number of carbonyl (C=O) groups is 2. The predicted molar refractivity (Wildman–Crippen MR) is 96.5 cm³/mol. The van der Waals surface area contributed by atoms with Gasteiger partial charge in [-0.1, -0.05) is 11.6 Å². The number of rotatable bonds is 5. The highest BCUT2D eigenvalue weighted by Crippen LogP contribution is 2.60. The van der Waals surface area contributed by atoms with Crippen molar-refractivity contribution in [2.45, 2.75) is 57.9 Å². The number of carbonyl (C=O) groups excluding carboxylic acids is 2. The molecule has 5 aliphatic rings. The lowest BCUT2D eigenvalue weighted by molar-refractivity contribution is -0.146. The van der Waals surface area contributed by atoms with Crippen molar-refractivity contribution in [3.8, 4) is 0 Å². The average Bonchev–Trinajstić information content (AvgIpc) is 2.58. The zero-order valence-electron chi connectivity index (χ0n) is 15.3. The van der Waals surface area contributed by atoms with Crippen LogP contribution < -0.4 is 11.1 Å². The van der Waals surface area contributed by atoms with Crippen molar-refractivity contribution < 1.29 is 9.59 Å². The van der Waals surface area contributed by atoms with Crippen LogP contribution in [0.5, 0.6) is 0 Å².